The molecule has 6 nitrogen and oxygen atoms in total. The zero-order chi connectivity index (χ0) is 14.5. The molecule has 2 heterocycles. The summed E-state index contributed by atoms with van der Waals surface area (Å²) >= 11 is 0. The van der Waals surface area contributed by atoms with Gasteiger partial charge in [0.05, 0.1) is 11.6 Å². The minimum atomic E-state index is 0.581. The van der Waals surface area contributed by atoms with Gasteiger partial charge in [-0.15, -0.1) is 0 Å². The summed E-state index contributed by atoms with van der Waals surface area (Å²) in [5.41, 5.74) is 2.09. The number of hydrogen-bond donors (Lipinski definition) is 3. The molecule has 0 saturated heterocycles. The third-order valence-electron chi connectivity index (χ3n) is 3.31. The van der Waals surface area contributed by atoms with Crippen LogP contribution in [-0.4, -0.2) is 33.8 Å². The molecule has 0 atom stereocenters. The summed E-state index contributed by atoms with van der Waals surface area (Å²) in [5, 5.41) is 14.1. The van der Waals surface area contributed by atoms with Crippen LogP contribution in [0.3, 0.4) is 0 Å². The molecular weight excluding hydrogens is 264 g/mol. The van der Waals surface area contributed by atoms with Gasteiger partial charge in [-0.1, -0.05) is 30.3 Å². The van der Waals surface area contributed by atoms with E-state index in [4.69, 9.17) is 0 Å². The second-order valence-corrected chi connectivity index (χ2v) is 4.79. The molecule has 0 unspecified atom stereocenters. The van der Waals surface area contributed by atoms with Gasteiger partial charge < -0.3 is 10.6 Å². The van der Waals surface area contributed by atoms with Crippen LogP contribution in [0.15, 0.2) is 36.5 Å². The number of benzene rings is 1. The summed E-state index contributed by atoms with van der Waals surface area (Å²) in [4.78, 5) is 8.75. The lowest BCUT2D eigenvalue weighted by atomic mass is 10.1. The summed E-state index contributed by atoms with van der Waals surface area (Å²) in [6, 6.07) is 10.5. The molecule has 3 rings (SSSR count). The predicted octanol–water partition coefficient (Wildman–Crippen LogP) is 2.44. The molecule has 0 bridgehead atoms. The molecule has 21 heavy (non-hydrogen) atoms. The first-order valence-corrected chi connectivity index (χ1v) is 7.03. The van der Waals surface area contributed by atoms with Gasteiger partial charge in [-0.2, -0.15) is 15.1 Å². The standard InChI is InChI=1S/C15H18N6/c1-16-15-19-13(12-10-18-21-14(12)20-15)17-9-5-8-11-6-3-2-4-7-11/h2-4,6-7,10H,5,8-9H2,1H3,(H3,16,17,18,19,20,21). The second-order valence-electron chi connectivity index (χ2n) is 4.79. The SMILES string of the molecule is CNc1nc(NCCCc2ccccc2)c2cn[nH]c2n1. The van der Waals surface area contributed by atoms with E-state index in [-0.39, 0.29) is 0 Å². The van der Waals surface area contributed by atoms with E-state index in [0.29, 0.717) is 5.95 Å². The fraction of sp³-hybridized carbons (Fsp3) is 0.267. The fourth-order valence-corrected chi connectivity index (χ4v) is 2.23. The molecule has 0 spiro atoms. The van der Waals surface area contributed by atoms with Gasteiger partial charge >= 0.3 is 0 Å². The topological polar surface area (TPSA) is 78.5 Å². The van der Waals surface area contributed by atoms with Crippen LogP contribution in [0.1, 0.15) is 12.0 Å². The maximum absolute atomic E-state index is 4.44. The minimum Gasteiger partial charge on any atom is -0.369 e. The number of rotatable bonds is 6. The van der Waals surface area contributed by atoms with Crippen LogP contribution >= 0.6 is 0 Å². The average molecular weight is 282 g/mol. The first-order chi connectivity index (χ1) is 10.4. The molecule has 6 heteroatoms. The van der Waals surface area contributed by atoms with Gasteiger partial charge in [0.2, 0.25) is 5.95 Å². The van der Waals surface area contributed by atoms with Crippen molar-refractivity contribution >= 4 is 22.8 Å². The molecule has 0 aliphatic heterocycles. The second kappa shape index (κ2) is 6.21. The van der Waals surface area contributed by atoms with Gasteiger partial charge in [0.1, 0.15) is 5.82 Å². The Kier molecular flexibility index (Phi) is 3.95. The maximum atomic E-state index is 4.44. The van der Waals surface area contributed by atoms with E-state index >= 15 is 0 Å². The van der Waals surface area contributed by atoms with Crippen molar-refractivity contribution in [1.29, 1.82) is 0 Å². The molecule has 2 aromatic heterocycles. The van der Waals surface area contributed by atoms with Crippen LogP contribution in [0.5, 0.6) is 0 Å². The Morgan fingerprint density at radius 3 is 2.81 bits per heavy atom. The largest absolute Gasteiger partial charge is 0.369 e. The number of aromatic amines is 1. The highest BCUT2D eigenvalue weighted by Gasteiger charge is 2.08. The Balaban J connectivity index is 1.63. The summed E-state index contributed by atoms with van der Waals surface area (Å²) in [6.45, 7) is 0.856. The maximum Gasteiger partial charge on any atom is 0.226 e. The van der Waals surface area contributed by atoms with Gasteiger partial charge in [-0.3, -0.25) is 5.10 Å². The van der Waals surface area contributed by atoms with Crippen molar-refractivity contribution in [3.05, 3.63) is 42.1 Å². The zero-order valence-corrected chi connectivity index (χ0v) is 11.9. The first kappa shape index (κ1) is 13.4. The van der Waals surface area contributed by atoms with Crippen molar-refractivity contribution in [3.8, 4) is 0 Å². The third kappa shape index (κ3) is 3.10. The Morgan fingerprint density at radius 1 is 1.14 bits per heavy atom. The molecule has 0 aliphatic carbocycles. The van der Waals surface area contributed by atoms with Crippen molar-refractivity contribution in [1.82, 2.24) is 20.2 Å². The molecular formula is C15H18N6. The van der Waals surface area contributed by atoms with Crippen molar-refractivity contribution in [2.24, 2.45) is 0 Å². The Morgan fingerprint density at radius 2 is 2.00 bits per heavy atom. The van der Waals surface area contributed by atoms with E-state index < -0.39 is 0 Å². The van der Waals surface area contributed by atoms with Crippen LogP contribution in [0.4, 0.5) is 11.8 Å². The molecule has 108 valence electrons. The normalized spacial score (nSPS) is 10.7. The highest BCUT2D eigenvalue weighted by molar-refractivity contribution is 5.86. The Hall–Kier alpha value is -2.63. The number of nitrogens with one attached hydrogen (secondary N) is 3. The van der Waals surface area contributed by atoms with E-state index in [0.717, 1.165) is 36.2 Å². The van der Waals surface area contributed by atoms with E-state index in [1.807, 2.05) is 6.07 Å². The van der Waals surface area contributed by atoms with Crippen LogP contribution in [-0.2, 0) is 6.42 Å². The lowest BCUT2D eigenvalue weighted by Crippen LogP contribution is -2.07. The van der Waals surface area contributed by atoms with E-state index in [1.165, 1.54) is 5.56 Å². The summed E-state index contributed by atoms with van der Waals surface area (Å²) in [5.74, 6) is 1.39. The minimum absolute atomic E-state index is 0.581. The molecule has 1 aromatic carbocycles. The highest BCUT2D eigenvalue weighted by atomic mass is 15.2. The average Bonchev–Trinajstić information content (AvgIpc) is 3.00. The van der Waals surface area contributed by atoms with Gasteiger partial charge in [0, 0.05) is 13.6 Å². The number of anilines is 2. The van der Waals surface area contributed by atoms with Crippen molar-refractivity contribution in [2.45, 2.75) is 12.8 Å². The molecule has 3 N–H and O–H groups in total. The molecule has 0 saturated carbocycles. The molecule has 0 radical (unpaired) electrons. The molecule has 0 fully saturated rings. The Labute approximate surface area is 123 Å². The van der Waals surface area contributed by atoms with Crippen molar-refractivity contribution in [3.63, 3.8) is 0 Å². The number of aryl methyl sites for hydroxylation is 1. The first-order valence-electron chi connectivity index (χ1n) is 7.03. The lowest BCUT2D eigenvalue weighted by molar-refractivity contribution is 0.860. The van der Waals surface area contributed by atoms with Crippen LogP contribution < -0.4 is 10.6 Å². The van der Waals surface area contributed by atoms with Crippen molar-refractivity contribution < 1.29 is 0 Å². The summed E-state index contributed by atoms with van der Waals surface area (Å²) in [6.07, 6.45) is 3.84. The number of fused-ring (bicyclic) bond motifs is 1. The number of hydrogen-bond acceptors (Lipinski definition) is 5. The molecule has 3 aromatic rings. The monoisotopic (exact) mass is 282 g/mol. The fourth-order valence-electron chi connectivity index (χ4n) is 2.23. The van der Waals surface area contributed by atoms with E-state index in [2.05, 4.69) is 55.1 Å². The number of nitrogens with zero attached hydrogens (tertiary/aromatic N) is 3. The van der Waals surface area contributed by atoms with Gasteiger partial charge in [-0.05, 0) is 18.4 Å². The lowest BCUT2D eigenvalue weighted by Gasteiger charge is -2.08. The highest BCUT2D eigenvalue weighted by Crippen LogP contribution is 2.19. The zero-order valence-electron chi connectivity index (χ0n) is 11.9. The van der Waals surface area contributed by atoms with Gasteiger partial charge in [-0.25, -0.2) is 0 Å². The Bertz CT molecular complexity index is 707. The van der Waals surface area contributed by atoms with Crippen molar-refractivity contribution in [2.75, 3.05) is 24.2 Å². The molecule has 0 amide bonds. The van der Waals surface area contributed by atoms with Gasteiger partial charge in [0.15, 0.2) is 5.65 Å². The van der Waals surface area contributed by atoms with Crippen LogP contribution in [0.25, 0.3) is 11.0 Å². The van der Waals surface area contributed by atoms with Crippen LogP contribution in [0.2, 0.25) is 0 Å². The number of aromatic nitrogens is 4. The van der Waals surface area contributed by atoms with Gasteiger partial charge in [0.25, 0.3) is 0 Å². The van der Waals surface area contributed by atoms with Crippen LogP contribution in [0, 0.1) is 0 Å². The quantitative estimate of drug-likeness (QED) is 0.605. The summed E-state index contributed by atoms with van der Waals surface area (Å²) in [7, 11) is 1.80. The predicted molar refractivity (Wildman–Crippen MR) is 84.5 cm³/mol. The third-order valence-corrected chi connectivity index (χ3v) is 3.31. The summed E-state index contributed by atoms with van der Waals surface area (Å²) < 4.78 is 0. The smallest absolute Gasteiger partial charge is 0.226 e. The van der Waals surface area contributed by atoms with E-state index in [1.54, 1.807) is 13.2 Å². The van der Waals surface area contributed by atoms with E-state index in [9.17, 15) is 0 Å². The number of H-pyrrole nitrogens is 1. The molecule has 0 aliphatic rings.